The van der Waals surface area contributed by atoms with Crippen molar-refractivity contribution in [3.63, 3.8) is 0 Å². The average molecular weight is 208 g/mol. The minimum absolute atomic E-state index is 0.438. The van der Waals surface area contributed by atoms with Crippen molar-refractivity contribution in [2.45, 2.75) is 12.5 Å². The van der Waals surface area contributed by atoms with E-state index in [1.165, 1.54) is 0 Å². The lowest BCUT2D eigenvalue weighted by Gasteiger charge is -2.23. The molecule has 0 amide bonds. The van der Waals surface area contributed by atoms with E-state index in [1.807, 2.05) is 31.2 Å². The lowest BCUT2D eigenvalue weighted by Crippen LogP contribution is -2.36. The van der Waals surface area contributed by atoms with E-state index in [9.17, 15) is 0 Å². The maximum Gasteiger partial charge on any atom is 0.143 e. The molecule has 0 bridgehead atoms. The van der Waals surface area contributed by atoms with E-state index in [0.717, 1.165) is 11.5 Å². The van der Waals surface area contributed by atoms with Gasteiger partial charge in [-0.3, -0.25) is 0 Å². The van der Waals surface area contributed by atoms with Crippen LogP contribution in [0.2, 0.25) is 0 Å². The van der Waals surface area contributed by atoms with E-state index in [4.69, 9.17) is 22.7 Å². The van der Waals surface area contributed by atoms with Gasteiger partial charge >= 0.3 is 0 Å². The summed E-state index contributed by atoms with van der Waals surface area (Å²) < 4.78 is 5.45. The van der Waals surface area contributed by atoms with Gasteiger partial charge in [0, 0.05) is 0 Å². The molecule has 2 rings (SSSR count). The predicted octanol–water partition coefficient (Wildman–Crippen LogP) is 0.989. The van der Waals surface area contributed by atoms with Crippen LogP contribution in [-0.2, 0) is 4.74 Å². The summed E-state index contributed by atoms with van der Waals surface area (Å²) in [6.07, 6.45) is 7.61. The Balaban J connectivity index is 2.37. The maximum atomic E-state index is 5.99. The molecule has 1 saturated heterocycles. The summed E-state index contributed by atoms with van der Waals surface area (Å²) in [6, 6.07) is 0. The molecule has 1 aliphatic heterocycles. The van der Waals surface area contributed by atoms with Crippen LogP contribution in [0.1, 0.15) is 6.92 Å². The molecule has 0 aromatic heterocycles. The second-order valence-corrected chi connectivity index (χ2v) is 4.14. The summed E-state index contributed by atoms with van der Waals surface area (Å²) in [6.45, 7) is 2.36. The molecular weight excluding hydrogens is 196 g/mol. The Morgan fingerprint density at radius 2 is 2.43 bits per heavy atom. The zero-order chi connectivity index (χ0) is 10.2. The number of allylic oxidation sites excluding steroid dienone is 2. The fraction of sp³-hybridized carbons (Fsp3) is 0.300. The molecule has 0 spiro atoms. The lowest BCUT2D eigenvalue weighted by molar-refractivity contribution is 0.253. The zero-order valence-electron chi connectivity index (χ0n) is 7.91. The Labute approximate surface area is 88.3 Å². The highest BCUT2D eigenvalue weighted by molar-refractivity contribution is 7.80. The minimum atomic E-state index is -0.461. The van der Waals surface area contributed by atoms with Crippen molar-refractivity contribution in [3.8, 4) is 0 Å². The zero-order valence-corrected chi connectivity index (χ0v) is 8.73. The molecule has 0 aromatic carbocycles. The van der Waals surface area contributed by atoms with Crippen molar-refractivity contribution in [2.75, 3.05) is 6.61 Å². The molecule has 3 nitrogen and oxygen atoms in total. The Morgan fingerprint density at radius 1 is 1.64 bits per heavy atom. The Kier molecular flexibility index (Phi) is 2.17. The number of fused-ring (bicyclic) bond motifs is 1. The van der Waals surface area contributed by atoms with Crippen LogP contribution in [0.15, 0.2) is 35.8 Å². The van der Waals surface area contributed by atoms with E-state index in [0.29, 0.717) is 11.6 Å². The molecule has 0 saturated carbocycles. The van der Waals surface area contributed by atoms with Gasteiger partial charge in [0.05, 0.1) is 11.2 Å². The number of nitrogens with one attached hydrogen (secondary N) is 1. The van der Waals surface area contributed by atoms with Crippen molar-refractivity contribution >= 4 is 17.2 Å². The molecular formula is C10H12N2OS. The van der Waals surface area contributed by atoms with E-state index >= 15 is 0 Å². The van der Waals surface area contributed by atoms with Crippen molar-refractivity contribution < 1.29 is 4.74 Å². The summed E-state index contributed by atoms with van der Waals surface area (Å²) in [5.41, 5.74) is 6.39. The van der Waals surface area contributed by atoms with Gasteiger partial charge in [0.15, 0.2) is 0 Å². The average Bonchev–Trinajstić information content (AvgIpc) is 2.21. The summed E-state index contributed by atoms with van der Waals surface area (Å²) in [7, 11) is 0. The van der Waals surface area contributed by atoms with E-state index < -0.39 is 5.54 Å². The van der Waals surface area contributed by atoms with Gasteiger partial charge in [-0.05, 0) is 19.1 Å². The van der Waals surface area contributed by atoms with Gasteiger partial charge < -0.3 is 15.8 Å². The molecule has 0 aromatic rings. The molecule has 1 aliphatic carbocycles. The fourth-order valence-corrected chi connectivity index (χ4v) is 1.58. The fourth-order valence-electron chi connectivity index (χ4n) is 1.42. The number of hydrogen-bond acceptors (Lipinski definition) is 3. The first-order valence-corrected chi connectivity index (χ1v) is 4.82. The Bertz CT molecular complexity index is 366. The van der Waals surface area contributed by atoms with Crippen molar-refractivity contribution in [3.05, 3.63) is 35.8 Å². The van der Waals surface area contributed by atoms with Crippen LogP contribution in [0, 0.1) is 0 Å². The third-order valence-electron chi connectivity index (χ3n) is 2.06. The number of nitrogens with two attached hydrogens (primary N) is 1. The van der Waals surface area contributed by atoms with Crippen LogP contribution >= 0.6 is 12.2 Å². The van der Waals surface area contributed by atoms with E-state index in [-0.39, 0.29) is 0 Å². The topological polar surface area (TPSA) is 47.3 Å². The highest BCUT2D eigenvalue weighted by atomic mass is 32.1. The van der Waals surface area contributed by atoms with Crippen LogP contribution in [0.3, 0.4) is 0 Å². The van der Waals surface area contributed by atoms with E-state index in [1.54, 1.807) is 0 Å². The monoisotopic (exact) mass is 208 g/mol. The van der Waals surface area contributed by atoms with Crippen LogP contribution in [0.4, 0.5) is 0 Å². The van der Waals surface area contributed by atoms with Gasteiger partial charge in [0.25, 0.3) is 0 Å². The number of rotatable bonds is 0. The maximum absolute atomic E-state index is 5.99. The molecule has 4 heteroatoms. The van der Waals surface area contributed by atoms with Gasteiger partial charge in [0.2, 0.25) is 0 Å². The minimum Gasteiger partial charge on any atom is -0.484 e. The number of thiocarbonyl (C=S) groups is 1. The van der Waals surface area contributed by atoms with Crippen molar-refractivity contribution in [1.82, 2.24) is 5.32 Å². The third kappa shape index (κ3) is 1.86. The molecule has 1 unspecified atom stereocenters. The molecule has 1 heterocycles. The Hall–Kier alpha value is -1.13. The summed E-state index contributed by atoms with van der Waals surface area (Å²) in [5.74, 6) is 0.795. The molecule has 3 N–H and O–H groups in total. The smallest absolute Gasteiger partial charge is 0.143 e. The molecule has 2 aliphatic rings. The normalized spacial score (nSPS) is 30.6. The van der Waals surface area contributed by atoms with Crippen molar-refractivity contribution in [1.29, 1.82) is 0 Å². The molecule has 1 fully saturated rings. The van der Waals surface area contributed by atoms with Gasteiger partial charge in [-0.15, -0.1) is 0 Å². The largest absolute Gasteiger partial charge is 0.484 e. The quantitative estimate of drug-likeness (QED) is 0.583. The third-order valence-corrected chi connectivity index (χ3v) is 2.28. The molecule has 1 atom stereocenters. The van der Waals surface area contributed by atoms with Gasteiger partial charge in [0.1, 0.15) is 17.4 Å². The van der Waals surface area contributed by atoms with Crippen LogP contribution < -0.4 is 11.1 Å². The first-order valence-electron chi connectivity index (χ1n) is 4.41. The number of hydrogen-bond donors (Lipinski definition) is 2. The van der Waals surface area contributed by atoms with Crippen LogP contribution in [-0.4, -0.2) is 17.1 Å². The second kappa shape index (κ2) is 3.22. The van der Waals surface area contributed by atoms with Gasteiger partial charge in [-0.25, -0.2) is 0 Å². The van der Waals surface area contributed by atoms with Gasteiger partial charge in [-0.2, -0.15) is 0 Å². The highest BCUT2D eigenvalue weighted by Gasteiger charge is 2.21. The summed E-state index contributed by atoms with van der Waals surface area (Å²) in [5, 5.41) is 3.09. The molecule has 14 heavy (non-hydrogen) atoms. The first kappa shape index (κ1) is 9.43. The first-order chi connectivity index (χ1) is 6.57. The van der Waals surface area contributed by atoms with Crippen LogP contribution in [0.25, 0.3) is 0 Å². The van der Waals surface area contributed by atoms with E-state index in [2.05, 4.69) is 5.32 Å². The number of ether oxygens (including phenoxy) is 1. The Morgan fingerprint density at radius 3 is 3.21 bits per heavy atom. The second-order valence-electron chi connectivity index (χ2n) is 3.65. The lowest BCUT2D eigenvalue weighted by atomic mass is 10.0. The van der Waals surface area contributed by atoms with Crippen molar-refractivity contribution in [2.24, 2.45) is 5.73 Å². The predicted molar refractivity (Wildman–Crippen MR) is 59.6 cm³/mol. The number of morpholine rings is 1. The van der Waals surface area contributed by atoms with Gasteiger partial charge in [-0.1, -0.05) is 24.4 Å². The SMILES string of the molecule is CC1(N)C=CC=C2OCC(=S)NC2=C1. The molecule has 0 radical (unpaired) electrons. The molecule has 74 valence electrons. The summed E-state index contributed by atoms with van der Waals surface area (Å²) in [4.78, 5) is 0.686. The summed E-state index contributed by atoms with van der Waals surface area (Å²) >= 11 is 5.03. The highest BCUT2D eigenvalue weighted by Crippen LogP contribution is 2.20. The standard InChI is InChI=1S/C10H12N2OS/c1-10(11)4-2-3-8-7(5-10)12-9(14)6-13-8/h2-5H,6,11H2,1H3,(H,12,14). The van der Waals surface area contributed by atoms with Crippen LogP contribution in [0.5, 0.6) is 0 Å².